The fourth-order valence-corrected chi connectivity index (χ4v) is 0. The van der Waals surface area contributed by atoms with Crippen LogP contribution in [-0.4, -0.2) is 45.6 Å². The van der Waals surface area contributed by atoms with Crippen molar-refractivity contribution in [1.82, 2.24) is 0 Å². The van der Waals surface area contributed by atoms with Crippen molar-refractivity contribution in [1.29, 1.82) is 0 Å². The molecule has 0 N–H and O–H groups in total. The summed E-state index contributed by atoms with van der Waals surface area (Å²) in [5.74, 6) is 0. The maximum atomic E-state index is 0. The van der Waals surface area contributed by atoms with Gasteiger partial charge in [0, 0.05) is 17.4 Å². The maximum Gasteiger partial charge on any atom is 3.00 e. The average Bonchev–Trinajstić information content (AvgIpc) is 0. The second kappa shape index (κ2) is 30.0. The first-order chi connectivity index (χ1) is 0. The van der Waals surface area contributed by atoms with Crippen molar-refractivity contribution in [3.05, 3.63) is 6.15 Å². The van der Waals surface area contributed by atoms with Gasteiger partial charge in [-0.05, 0) is 0 Å². The van der Waals surface area contributed by atoms with E-state index in [4.69, 9.17) is 0 Å². The van der Waals surface area contributed by atoms with Crippen LogP contribution in [0.1, 0.15) is 0 Å². The van der Waals surface area contributed by atoms with Crippen LogP contribution in [0, 0.1) is 0 Å². The minimum atomic E-state index is 0. The SMILES string of the molecule is B.[Al].[Ga+3].[N-3]. The molecule has 0 saturated heterocycles. The topological polar surface area (TPSA) is 30.5 Å². The molecule has 0 atom stereocenters. The third kappa shape index (κ3) is 10.8. The quantitative estimate of drug-likeness (QED) is 0.346. The molecular weight excluding hydrogens is 122 g/mol. The zero-order chi connectivity index (χ0) is 0. The molecule has 0 heterocycles. The minimum absolute atomic E-state index is 0. The van der Waals surface area contributed by atoms with Crippen LogP contribution in [0.3, 0.4) is 0 Å². The van der Waals surface area contributed by atoms with E-state index in [2.05, 4.69) is 0 Å². The van der Waals surface area contributed by atoms with Crippen LogP contribution in [0.25, 0.3) is 6.15 Å². The second-order valence-corrected chi connectivity index (χ2v) is 0. The standard InChI is InChI=1S/Al.BH3.Ga.N/h;1H3;;/q;;+3;-3. The molecular formula is H3AlBGaN. The van der Waals surface area contributed by atoms with Gasteiger partial charge in [0.2, 0.25) is 0 Å². The van der Waals surface area contributed by atoms with Crippen molar-refractivity contribution >= 4 is 45.6 Å². The van der Waals surface area contributed by atoms with Gasteiger partial charge in [-0.25, -0.2) is 0 Å². The fraction of sp³-hybridized carbons (Fsp3) is 0. The molecule has 4 heteroatoms. The smallest absolute Gasteiger partial charge is 3.00 e. The summed E-state index contributed by atoms with van der Waals surface area (Å²) in [7, 11) is 0. The van der Waals surface area contributed by atoms with E-state index in [1.54, 1.807) is 0 Å². The van der Waals surface area contributed by atoms with Crippen molar-refractivity contribution in [3.8, 4) is 0 Å². The molecule has 1 nitrogen and oxygen atoms in total. The van der Waals surface area contributed by atoms with E-state index in [1.165, 1.54) is 0 Å². The number of rotatable bonds is 0. The van der Waals surface area contributed by atoms with Crippen molar-refractivity contribution in [2.75, 3.05) is 0 Å². The predicted octanol–water partition coefficient (Wildman–Crippen LogP) is -1.66. The molecule has 0 aromatic rings. The van der Waals surface area contributed by atoms with Gasteiger partial charge in [0.05, 0.1) is 8.41 Å². The zero-order valence-electron chi connectivity index (χ0n) is 1.60. The Morgan fingerprint density at radius 1 is 1.00 bits per heavy atom. The van der Waals surface area contributed by atoms with Crippen LogP contribution in [0.15, 0.2) is 0 Å². The Morgan fingerprint density at radius 3 is 1.00 bits per heavy atom. The number of nitrogens with zero attached hydrogens (tertiary/aromatic N) is 1. The van der Waals surface area contributed by atoms with Crippen molar-refractivity contribution in [2.24, 2.45) is 0 Å². The largest absolute Gasteiger partial charge is 3.00 e. The van der Waals surface area contributed by atoms with Crippen molar-refractivity contribution < 1.29 is 0 Å². The fourth-order valence-electron chi connectivity index (χ4n) is 0. The van der Waals surface area contributed by atoms with Crippen LogP contribution in [0.5, 0.6) is 0 Å². The molecule has 0 fully saturated rings. The summed E-state index contributed by atoms with van der Waals surface area (Å²) in [6, 6.07) is 0. The van der Waals surface area contributed by atoms with E-state index in [0.29, 0.717) is 0 Å². The summed E-state index contributed by atoms with van der Waals surface area (Å²) in [4.78, 5) is 0. The van der Waals surface area contributed by atoms with Gasteiger partial charge in [0.25, 0.3) is 0 Å². The van der Waals surface area contributed by atoms with Crippen molar-refractivity contribution in [3.63, 3.8) is 0 Å². The van der Waals surface area contributed by atoms with Crippen LogP contribution >= 0.6 is 0 Å². The Bertz CT molecular complexity index is 8.00. The monoisotopic (exact) mass is 124 g/mol. The van der Waals surface area contributed by atoms with E-state index in [9.17, 15) is 0 Å². The molecule has 0 spiro atoms. The summed E-state index contributed by atoms with van der Waals surface area (Å²) in [6.45, 7) is 0. The normalized spacial score (nSPS) is 0. The zero-order valence-corrected chi connectivity index (χ0v) is 5.18. The van der Waals surface area contributed by atoms with E-state index < -0.39 is 0 Å². The van der Waals surface area contributed by atoms with E-state index in [0.717, 1.165) is 0 Å². The first-order valence-electron chi connectivity index (χ1n) is 0. The Kier molecular flexibility index (Phi) is 481. The third-order valence-electron chi connectivity index (χ3n) is 0. The molecule has 17 valence electrons. The predicted molar refractivity (Wildman–Crippen MR) is 24.8 cm³/mol. The summed E-state index contributed by atoms with van der Waals surface area (Å²) in [5.41, 5.74) is 0. The van der Waals surface area contributed by atoms with Crippen LogP contribution in [-0.2, 0) is 0 Å². The summed E-state index contributed by atoms with van der Waals surface area (Å²) >= 11 is 0. The molecule has 0 aliphatic carbocycles. The molecule has 0 aromatic carbocycles. The van der Waals surface area contributed by atoms with E-state index in [1.807, 2.05) is 0 Å². The molecule has 0 unspecified atom stereocenters. The summed E-state index contributed by atoms with van der Waals surface area (Å²) in [5, 5.41) is 0. The molecule has 0 rings (SSSR count). The van der Waals surface area contributed by atoms with Gasteiger partial charge in [0.15, 0.2) is 0 Å². The third-order valence-corrected chi connectivity index (χ3v) is 0. The minimum Gasteiger partial charge on any atom is -3.00 e. The van der Waals surface area contributed by atoms with Crippen LogP contribution in [0.2, 0.25) is 0 Å². The summed E-state index contributed by atoms with van der Waals surface area (Å²) < 4.78 is 0. The molecule has 0 amide bonds. The average molecular weight is 125 g/mol. The molecule has 0 bridgehead atoms. The molecule has 3 radical (unpaired) electrons. The first-order valence-corrected chi connectivity index (χ1v) is 0. The molecule has 0 aromatic heterocycles. The Balaban J connectivity index is 0. The van der Waals surface area contributed by atoms with Gasteiger partial charge in [-0.15, -0.1) is 0 Å². The number of hydrogen-bond acceptors (Lipinski definition) is 0. The van der Waals surface area contributed by atoms with Crippen LogP contribution < -0.4 is 0 Å². The van der Waals surface area contributed by atoms with Gasteiger partial charge in [-0.2, -0.15) is 0 Å². The molecule has 0 aliphatic rings. The van der Waals surface area contributed by atoms with E-state index >= 15 is 0 Å². The van der Waals surface area contributed by atoms with Gasteiger partial charge in [-0.3, -0.25) is 0 Å². The Hall–Kier alpha value is 1.19. The van der Waals surface area contributed by atoms with Gasteiger partial charge in [-0.1, -0.05) is 0 Å². The maximum absolute atomic E-state index is 0. The van der Waals surface area contributed by atoms with Gasteiger partial charge < -0.3 is 6.15 Å². The first kappa shape index (κ1) is 64.1. The van der Waals surface area contributed by atoms with Crippen LogP contribution in [0.4, 0.5) is 0 Å². The second-order valence-electron chi connectivity index (χ2n) is 0. The molecule has 4 heavy (non-hydrogen) atoms. The molecule has 0 aliphatic heterocycles. The Labute approximate surface area is 51.9 Å². The number of hydrogen-bond donors (Lipinski definition) is 0. The van der Waals surface area contributed by atoms with Gasteiger partial charge >= 0.3 is 19.8 Å². The van der Waals surface area contributed by atoms with E-state index in [-0.39, 0.29) is 51.7 Å². The Morgan fingerprint density at radius 2 is 1.00 bits per heavy atom. The molecule has 0 saturated carbocycles. The van der Waals surface area contributed by atoms with Gasteiger partial charge in [0.1, 0.15) is 0 Å². The summed E-state index contributed by atoms with van der Waals surface area (Å²) in [6.07, 6.45) is 0. The van der Waals surface area contributed by atoms with Crippen molar-refractivity contribution in [2.45, 2.75) is 0 Å².